The minimum Gasteiger partial charge on any atom is -0.326 e. The van der Waals surface area contributed by atoms with E-state index in [2.05, 4.69) is 15.6 Å². The van der Waals surface area contributed by atoms with E-state index in [-0.39, 0.29) is 18.0 Å². The summed E-state index contributed by atoms with van der Waals surface area (Å²) in [7, 11) is 0. The first-order valence-corrected chi connectivity index (χ1v) is 7.31. The predicted octanol–water partition coefficient (Wildman–Crippen LogP) is 3.30. The van der Waals surface area contributed by atoms with Crippen molar-refractivity contribution in [2.24, 2.45) is 0 Å². The van der Waals surface area contributed by atoms with Crippen molar-refractivity contribution in [1.29, 1.82) is 0 Å². The van der Waals surface area contributed by atoms with Gasteiger partial charge in [-0.25, -0.2) is 4.98 Å². The highest BCUT2D eigenvalue weighted by molar-refractivity contribution is 7.13. The van der Waals surface area contributed by atoms with Gasteiger partial charge in [0.2, 0.25) is 11.8 Å². The molecule has 2 N–H and O–H groups in total. The zero-order chi connectivity index (χ0) is 17.0. The molecule has 0 atom stereocenters. The number of aromatic nitrogens is 1. The zero-order valence-corrected chi connectivity index (χ0v) is 12.7. The van der Waals surface area contributed by atoms with Gasteiger partial charge in [-0.05, 0) is 24.3 Å². The van der Waals surface area contributed by atoms with Crippen LogP contribution >= 0.6 is 11.3 Å². The van der Waals surface area contributed by atoms with Crippen LogP contribution in [0.25, 0.3) is 0 Å². The van der Waals surface area contributed by atoms with E-state index >= 15 is 0 Å². The fraction of sp³-hybridized carbons (Fsp3) is 0.214. The van der Waals surface area contributed by atoms with Gasteiger partial charge in [-0.15, -0.1) is 11.3 Å². The molecule has 1 heterocycles. The van der Waals surface area contributed by atoms with Crippen molar-refractivity contribution in [3.05, 3.63) is 40.9 Å². The maximum absolute atomic E-state index is 12.4. The Morgan fingerprint density at radius 1 is 1.17 bits per heavy atom. The minimum atomic E-state index is -4.41. The first-order valence-electron chi connectivity index (χ1n) is 6.43. The maximum atomic E-state index is 12.4. The summed E-state index contributed by atoms with van der Waals surface area (Å²) in [5.41, 5.74) is -0.0570. The number of thiazole rings is 1. The van der Waals surface area contributed by atoms with Crippen molar-refractivity contribution in [3.8, 4) is 0 Å². The van der Waals surface area contributed by atoms with Crippen LogP contribution in [0.3, 0.4) is 0 Å². The van der Waals surface area contributed by atoms with E-state index < -0.39 is 17.6 Å². The van der Waals surface area contributed by atoms with Gasteiger partial charge >= 0.3 is 6.18 Å². The zero-order valence-electron chi connectivity index (χ0n) is 11.9. The molecule has 5 nitrogen and oxygen atoms in total. The molecule has 9 heteroatoms. The van der Waals surface area contributed by atoms with Crippen molar-refractivity contribution in [2.45, 2.75) is 19.5 Å². The highest BCUT2D eigenvalue weighted by Gasteiger charge is 2.29. The Bertz CT molecular complexity index is 711. The number of hydrogen-bond donors (Lipinski definition) is 2. The van der Waals surface area contributed by atoms with Crippen LogP contribution in [0, 0.1) is 0 Å². The summed E-state index contributed by atoms with van der Waals surface area (Å²) in [6, 6.07) is 4.16. The summed E-state index contributed by atoms with van der Waals surface area (Å²) in [5, 5.41) is 7.00. The molecular formula is C14H12F3N3O2S. The number of amides is 2. The average Bonchev–Trinajstić information content (AvgIpc) is 2.84. The van der Waals surface area contributed by atoms with Gasteiger partial charge < -0.3 is 10.6 Å². The number of hydrogen-bond acceptors (Lipinski definition) is 4. The van der Waals surface area contributed by atoms with E-state index in [4.69, 9.17) is 0 Å². The first-order chi connectivity index (χ1) is 10.7. The Labute approximate surface area is 133 Å². The van der Waals surface area contributed by atoms with Gasteiger partial charge in [-0.2, -0.15) is 13.2 Å². The summed E-state index contributed by atoms with van der Waals surface area (Å²) in [6.07, 6.45) is -4.46. The molecule has 2 rings (SSSR count). The summed E-state index contributed by atoms with van der Waals surface area (Å²) in [6.45, 7) is 1.35. The number of halogens is 3. The standard InChI is InChI=1S/C14H12F3N3O2S/c1-8(21)18-13-20-11(7-23-13)6-12(22)19-10-4-2-9(3-5-10)14(15,16)17/h2-5,7H,6H2,1H3,(H,19,22)(H,18,20,21). The smallest absolute Gasteiger partial charge is 0.326 e. The van der Waals surface area contributed by atoms with Crippen LogP contribution in [-0.2, 0) is 22.2 Å². The second-order valence-corrected chi connectivity index (χ2v) is 5.48. The van der Waals surface area contributed by atoms with Gasteiger partial charge in [0.1, 0.15) is 0 Å². The lowest BCUT2D eigenvalue weighted by Gasteiger charge is -2.08. The number of benzene rings is 1. The van der Waals surface area contributed by atoms with E-state index in [0.29, 0.717) is 10.8 Å². The largest absolute Gasteiger partial charge is 0.416 e. The Balaban J connectivity index is 1.94. The van der Waals surface area contributed by atoms with Crippen LogP contribution in [0.5, 0.6) is 0 Å². The third kappa shape index (κ3) is 5.06. The third-order valence-electron chi connectivity index (χ3n) is 2.67. The maximum Gasteiger partial charge on any atom is 0.416 e. The van der Waals surface area contributed by atoms with E-state index in [1.165, 1.54) is 30.4 Å². The lowest BCUT2D eigenvalue weighted by molar-refractivity contribution is -0.137. The highest BCUT2D eigenvalue weighted by Crippen LogP contribution is 2.29. The molecule has 0 saturated carbocycles. The SMILES string of the molecule is CC(=O)Nc1nc(CC(=O)Nc2ccc(C(F)(F)F)cc2)cs1. The fourth-order valence-corrected chi connectivity index (χ4v) is 2.46. The minimum absolute atomic E-state index is 0.0445. The molecule has 0 radical (unpaired) electrons. The van der Waals surface area contributed by atoms with Gasteiger partial charge in [0, 0.05) is 18.0 Å². The average molecular weight is 343 g/mol. The third-order valence-corrected chi connectivity index (χ3v) is 3.48. The molecule has 0 aliphatic rings. The number of alkyl halides is 3. The fourth-order valence-electron chi connectivity index (χ4n) is 1.71. The summed E-state index contributed by atoms with van der Waals surface area (Å²) < 4.78 is 37.3. The number of nitrogens with zero attached hydrogens (tertiary/aromatic N) is 1. The normalized spacial score (nSPS) is 11.1. The van der Waals surface area contributed by atoms with E-state index in [9.17, 15) is 22.8 Å². The highest BCUT2D eigenvalue weighted by atomic mass is 32.1. The quantitative estimate of drug-likeness (QED) is 0.895. The van der Waals surface area contributed by atoms with Crippen LogP contribution in [0.4, 0.5) is 24.0 Å². The number of rotatable bonds is 4. The second kappa shape index (κ2) is 6.78. The molecule has 0 fully saturated rings. The summed E-state index contributed by atoms with van der Waals surface area (Å²) >= 11 is 1.18. The molecule has 0 aliphatic heterocycles. The van der Waals surface area contributed by atoms with E-state index in [1.54, 1.807) is 5.38 Å². The van der Waals surface area contributed by atoms with Crippen molar-refractivity contribution in [2.75, 3.05) is 10.6 Å². The molecule has 0 bridgehead atoms. The van der Waals surface area contributed by atoms with Gasteiger partial charge in [0.05, 0.1) is 17.7 Å². The summed E-state index contributed by atoms with van der Waals surface area (Å²) in [4.78, 5) is 26.8. The van der Waals surface area contributed by atoms with Crippen LogP contribution in [0.2, 0.25) is 0 Å². The number of carbonyl (C=O) groups is 2. The van der Waals surface area contributed by atoms with Gasteiger partial charge in [-0.1, -0.05) is 0 Å². The Kier molecular flexibility index (Phi) is 4.99. The van der Waals surface area contributed by atoms with Crippen LogP contribution in [-0.4, -0.2) is 16.8 Å². The van der Waals surface area contributed by atoms with Gasteiger partial charge in [-0.3, -0.25) is 9.59 Å². The molecular weight excluding hydrogens is 331 g/mol. The van der Waals surface area contributed by atoms with Crippen LogP contribution in [0.15, 0.2) is 29.6 Å². The monoisotopic (exact) mass is 343 g/mol. The number of anilines is 2. The second-order valence-electron chi connectivity index (χ2n) is 4.63. The molecule has 1 aromatic carbocycles. The molecule has 122 valence electrons. The van der Waals surface area contributed by atoms with Crippen molar-refractivity contribution in [1.82, 2.24) is 4.98 Å². The van der Waals surface area contributed by atoms with Crippen molar-refractivity contribution < 1.29 is 22.8 Å². The topological polar surface area (TPSA) is 71.1 Å². The molecule has 1 aromatic heterocycles. The number of carbonyl (C=O) groups excluding carboxylic acids is 2. The Morgan fingerprint density at radius 3 is 2.39 bits per heavy atom. The summed E-state index contributed by atoms with van der Waals surface area (Å²) in [5.74, 6) is -0.676. The molecule has 0 unspecified atom stereocenters. The van der Waals surface area contributed by atoms with Crippen LogP contribution in [0.1, 0.15) is 18.2 Å². The Morgan fingerprint density at radius 2 is 1.83 bits per heavy atom. The molecule has 2 amide bonds. The number of nitrogens with one attached hydrogen (secondary N) is 2. The molecule has 2 aromatic rings. The first kappa shape index (κ1) is 16.9. The van der Waals surface area contributed by atoms with Gasteiger partial charge in [0.15, 0.2) is 5.13 Å². The molecule has 0 saturated heterocycles. The van der Waals surface area contributed by atoms with Crippen molar-refractivity contribution in [3.63, 3.8) is 0 Å². The predicted molar refractivity (Wildman–Crippen MR) is 80.2 cm³/mol. The van der Waals surface area contributed by atoms with Crippen molar-refractivity contribution >= 4 is 34.0 Å². The lowest BCUT2D eigenvalue weighted by atomic mass is 10.2. The molecule has 0 spiro atoms. The van der Waals surface area contributed by atoms with Crippen LogP contribution < -0.4 is 10.6 Å². The van der Waals surface area contributed by atoms with E-state index in [1.807, 2.05) is 0 Å². The van der Waals surface area contributed by atoms with Gasteiger partial charge in [0.25, 0.3) is 0 Å². The van der Waals surface area contributed by atoms with E-state index in [0.717, 1.165) is 12.1 Å². The molecule has 23 heavy (non-hydrogen) atoms. The molecule has 0 aliphatic carbocycles. The Hall–Kier alpha value is -2.42. The lowest BCUT2D eigenvalue weighted by Crippen LogP contribution is -2.15.